The van der Waals surface area contributed by atoms with Gasteiger partial charge in [0.25, 0.3) is 5.91 Å². The lowest BCUT2D eigenvalue weighted by Gasteiger charge is -2.13. The van der Waals surface area contributed by atoms with Gasteiger partial charge in [0, 0.05) is 36.8 Å². The third-order valence-corrected chi connectivity index (χ3v) is 3.89. The minimum atomic E-state index is -0.357. The molecule has 0 aromatic heterocycles. The van der Waals surface area contributed by atoms with Crippen LogP contribution in [0.2, 0.25) is 5.02 Å². The normalized spacial score (nSPS) is 10.1. The number of anilines is 1. The van der Waals surface area contributed by atoms with Crippen molar-refractivity contribution in [1.82, 2.24) is 10.9 Å². The fourth-order valence-corrected chi connectivity index (χ4v) is 2.37. The topological polar surface area (TPSA) is 61.4 Å². The first-order chi connectivity index (χ1) is 11.5. The minimum absolute atomic E-state index is 0.238. The fourth-order valence-electron chi connectivity index (χ4n) is 2.14. The number of hydrogen-bond acceptors (Lipinski definition) is 3. The standard InChI is InChI=1S/C18H20ClN3O2/c1-22(2)15-8-5-7-14(12-15)18(24)21-20-17(23)11-10-13-6-3-4-9-16(13)19/h3-9,12H,10-11H2,1-2H3,(H,20,23)(H,21,24). The van der Waals surface area contributed by atoms with Crippen LogP contribution in [0, 0.1) is 0 Å². The highest BCUT2D eigenvalue weighted by atomic mass is 35.5. The number of hydrogen-bond donors (Lipinski definition) is 2. The predicted molar refractivity (Wildman–Crippen MR) is 96.2 cm³/mol. The van der Waals surface area contributed by atoms with Gasteiger partial charge in [0.1, 0.15) is 0 Å². The van der Waals surface area contributed by atoms with E-state index in [1.165, 1.54) is 0 Å². The molecule has 0 unspecified atom stereocenters. The molecular weight excluding hydrogens is 326 g/mol. The van der Waals surface area contributed by atoms with E-state index in [1.807, 2.05) is 43.3 Å². The summed E-state index contributed by atoms with van der Waals surface area (Å²) in [5.41, 5.74) is 7.14. The molecule has 0 aliphatic carbocycles. The summed E-state index contributed by atoms with van der Waals surface area (Å²) in [5.74, 6) is -0.628. The van der Waals surface area contributed by atoms with Crippen LogP contribution in [-0.2, 0) is 11.2 Å². The van der Waals surface area contributed by atoms with Gasteiger partial charge in [-0.25, -0.2) is 0 Å². The van der Waals surface area contributed by atoms with E-state index in [0.717, 1.165) is 11.3 Å². The average Bonchev–Trinajstić information content (AvgIpc) is 2.59. The lowest BCUT2D eigenvalue weighted by molar-refractivity contribution is -0.121. The van der Waals surface area contributed by atoms with E-state index in [0.29, 0.717) is 17.0 Å². The zero-order chi connectivity index (χ0) is 17.5. The molecule has 0 fully saturated rings. The summed E-state index contributed by atoms with van der Waals surface area (Å²) in [6, 6.07) is 14.5. The molecule has 0 bridgehead atoms. The van der Waals surface area contributed by atoms with Crippen LogP contribution < -0.4 is 15.8 Å². The molecule has 2 amide bonds. The van der Waals surface area contributed by atoms with Crippen molar-refractivity contribution in [3.63, 3.8) is 0 Å². The van der Waals surface area contributed by atoms with Gasteiger partial charge in [-0.15, -0.1) is 0 Å². The summed E-state index contributed by atoms with van der Waals surface area (Å²) in [6.45, 7) is 0. The Hall–Kier alpha value is -2.53. The fraction of sp³-hybridized carbons (Fsp3) is 0.222. The molecular formula is C18H20ClN3O2. The van der Waals surface area contributed by atoms with Gasteiger partial charge >= 0.3 is 0 Å². The summed E-state index contributed by atoms with van der Waals surface area (Å²) in [4.78, 5) is 25.9. The number of carbonyl (C=O) groups is 2. The van der Waals surface area contributed by atoms with Crippen molar-refractivity contribution in [1.29, 1.82) is 0 Å². The Kier molecular flexibility index (Phi) is 6.21. The van der Waals surface area contributed by atoms with E-state index in [9.17, 15) is 9.59 Å². The first kappa shape index (κ1) is 17.8. The summed E-state index contributed by atoms with van der Waals surface area (Å²) >= 11 is 6.05. The maximum atomic E-state index is 12.1. The highest BCUT2D eigenvalue weighted by molar-refractivity contribution is 6.31. The molecule has 6 heteroatoms. The Morgan fingerprint density at radius 3 is 2.50 bits per heavy atom. The van der Waals surface area contributed by atoms with Gasteiger partial charge in [-0.3, -0.25) is 20.4 Å². The van der Waals surface area contributed by atoms with Gasteiger partial charge < -0.3 is 4.90 Å². The van der Waals surface area contributed by atoms with Crippen LogP contribution in [0.1, 0.15) is 22.3 Å². The van der Waals surface area contributed by atoms with Gasteiger partial charge in [-0.1, -0.05) is 35.9 Å². The number of halogens is 1. The van der Waals surface area contributed by atoms with E-state index in [4.69, 9.17) is 11.6 Å². The number of aryl methyl sites for hydroxylation is 1. The third kappa shape index (κ3) is 4.99. The van der Waals surface area contributed by atoms with Gasteiger partial charge in [0.05, 0.1) is 0 Å². The molecule has 0 aliphatic rings. The van der Waals surface area contributed by atoms with Gasteiger partial charge in [-0.05, 0) is 36.2 Å². The second-order valence-corrected chi connectivity index (χ2v) is 5.95. The third-order valence-electron chi connectivity index (χ3n) is 3.52. The monoisotopic (exact) mass is 345 g/mol. The minimum Gasteiger partial charge on any atom is -0.378 e. The summed E-state index contributed by atoms with van der Waals surface area (Å²) < 4.78 is 0. The zero-order valence-corrected chi connectivity index (χ0v) is 14.4. The summed E-state index contributed by atoms with van der Waals surface area (Å²) in [6.07, 6.45) is 0.749. The van der Waals surface area contributed by atoms with Crippen LogP contribution in [0.3, 0.4) is 0 Å². The molecule has 2 N–H and O–H groups in total. The van der Waals surface area contributed by atoms with E-state index in [1.54, 1.807) is 24.3 Å². The van der Waals surface area contributed by atoms with Crippen LogP contribution in [0.4, 0.5) is 5.69 Å². The molecule has 0 radical (unpaired) electrons. The number of nitrogens with zero attached hydrogens (tertiary/aromatic N) is 1. The highest BCUT2D eigenvalue weighted by Gasteiger charge is 2.09. The molecule has 0 saturated heterocycles. The lowest BCUT2D eigenvalue weighted by atomic mass is 10.1. The number of nitrogens with one attached hydrogen (secondary N) is 2. The Morgan fingerprint density at radius 1 is 1.04 bits per heavy atom. The maximum Gasteiger partial charge on any atom is 0.269 e. The summed E-state index contributed by atoms with van der Waals surface area (Å²) in [7, 11) is 3.79. The van der Waals surface area contributed by atoms with Crippen molar-refractivity contribution >= 4 is 29.1 Å². The van der Waals surface area contributed by atoms with E-state index >= 15 is 0 Å². The predicted octanol–water partition coefficient (Wildman–Crippen LogP) is 2.80. The summed E-state index contributed by atoms with van der Waals surface area (Å²) in [5, 5.41) is 0.634. The molecule has 0 atom stereocenters. The molecule has 0 heterocycles. The molecule has 2 rings (SSSR count). The molecule has 0 spiro atoms. The van der Waals surface area contributed by atoms with Crippen molar-refractivity contribution in [2.45, 2.75) is 12.8 Å². The quantitative estimate of drug-likeness (QED) is 0.819. The van der Waals surface area contributed by atoms with Crippen molar-refractivity contribution < 1.29 is 9.59 Å². The molecule has 0 aliphatic heterocycles. The van der Waals surface area contributed by atoms with Crippen LogP contribution in [0.25, 0.3) is 0 Å². The zero-order valence-electron chi connectivity index (χ0n) is 13.7. The van der Waals surface area contributed by atoms with Crippen molar-refractivity contribution in [3.05, 3.63) is 64.7 Å². The molecule has 2 aromatic rings. The SMILES string of the molecule is CN(C)c1cccc(C(=O)NNC(=O)CCc2ccccc2Cl)c1. The van der Waals surface area contributed by atoms with Crippen LogP contribution >= 0.6 is 11.6 Å². The molecule has 0 saturated carbocycles. The number of rotatable bonds is 5. The van der Waals surface area contributed by atoms with E-state index in [2.05, 4.69) is 10.9 Å². The van der Waals surface area contributed by atoms with Crippen LogP contribution in [-0.4, -0.2) is 25.9 Å². The van der Waals surface area contributed by atoms with E-state index < -0.39 is 0 Å². The van der Waals surface area contributed by atoms with Crippen molar-refractivity contribution in [2.24, 2.45) is 0 Å². The lowest BCUT2D eigenvalue weighted by Crippen LogP contribution is -2.41. The highest BCUT2D eigenvalue weighted by Crippen LogP contribution is 2.16. The largest absolute Gasteiger partial charge is 0.378 e. The molecule has 126 valence electrons. The van der Waals surface area contributed by atoms with Crippen molar-refractivity contribution in [3.8, 4) is 0 Å². The Balaban J connectivity index is 1.84. The molecule has 24 heavy (non-hydrogen) atoms. The van der Waals surface area contributed by atoms with E-state index in [-0.39, 0.29) is 18.2 Å². The maximum absolute atomic E-state index is 12.1. The number of benzene rings is 2. The molecule has 5 nitrogen and oxygen atoms in total. The van der Waals surface area contributed by atoms with Gasteiger partial charge in [0.2, 0.25) is 5.91 Å². The smallest absolute Gasteiger partial charge is 0.269 e. The Bertz CT molecular complexity index is 732. The number of amides is 2. The van der Waals surface area contributed by atoms with Crippen molar-refractivity contribution in [2.75, 3.05) is 19.0 Å². The van der Waals surface area contributed by atoms with Crippen LogP contribution in [0.5, 0.6) is 0 Å². The number of hydrazine groups is 1. The number of carbonyl (C=O) groups excluding carboxylic acids is 2. The second kappa shape index (κ2) is 8.36. The first-order valence-corrected chi connectivity index (χ1v) is 7.95. The Labute approximate surface area is 146 Å². The second-order valence-electron chi connectivity index (χ2n) is 5.54. The van der Waals surface area contributed by atoms with Gasteiger partial charge in [0.15, 0.2) is 0 Å². The molecule has 2 aromatic carbocycles. The average molecular weight is 346 g/mol. The first-order valence-electron chi connectivity index (χ1n) is 7.57. The Morgan fingerprint density at radius 2 is 1.79 bits per heavy atom. The van der Waals surface area contributed by atoms with Gasteiger partial charge in [-0.2, -0.15) is 0 Å². The van der Waals surface area contributed by atoms with Crippen LogP contribution in [0.15, 0.2) is 48.5 Å².